The number of rotatable bonds is 8. The molecule has 2 atom stereocenters. The van der Waals surface area contributed by atoms with E-state index in [9.17, 15) is 9.59 Å². The number of hydrogen-bond acceptors (Lipinski definition) is 6. The van der Waals surface area contributed by atoms with E-state index in [0.29, 0.717) is 36.7 Å². The Kier molecular flexibility index (Phi) is 6.99. The second kappa shape index (κ2) is 10.3. The van der Waals surface area contributed by atoms with Gasteiger partial charge in [-0.1, -0.05) is 29.8 Å². The Morgan fingerprint density at radius 1 is 1.24 bits per heavy atom. The van der Waals surface area contributed by atoms with Gasteiger partial charge in [0.15, 0.2) is 0 Å². The van der Waals surface area contributed by atoms with Gasteiger partial charge in [-0.3, -0.25) is 19.7 Å². The molecule has 0 saturated carbocycles. The molecule has 1 saturated heterocycles. The summed E-state index contributed by atoms with van der Waals surface area (Å²) in [6.07, 6.45) is 3.31. The Morgan fingerprint density at radius 2 is 2.06 bits per heavy atom. The molecular formula is C24H27N5O4. The molecule has 1 aliphatic heterocycles. The second-order valence-corrected chi connectivity index (χ2v) is 7.95. The number of aromatic amines is 1. The average Bonchev–Trinajstić information content (AvgIpc) is 3.48. The summed E-state index contributed by atoms with van der Waals surface area (Å²) in [4.78, 5) is 31.8. The molecular weight excluding hydrogens is 422 g/mol. The highest BCUT2D eigenvalue weighted by atomic mass is 16.5. The molecule has 33 heavy (non-hydrogen) atoms. The number of pyridine rings is 1. The summed E-state index contributed by atoms with van der Waals surface area (Å²) in [5.74, 6) is 0.0551. The van der Waals surface area contributed by atoms with Gasteiger partial charge in [-0.05, 0) is 25.1 Å². The Labute approximate surface area is 192 Å². The SMILES string of the molecule is COCCNC(=O)[C@@H]1C[C@H](Oc2cccnc2)CN1C(=O)c1cc(-c2ccc(C)cc2)n[nH]1. The highest BCUT2D eigenvalue weighted by Gasteiger charge is 2.41. The third-order valence-electron chi connectivity index (χ3n) is 5.52. The molecule has 0 aliphatic carbocycles. The van der Waals surface area contributed by atoms with E-state index < -0.39 is 6.04 Å². The lowest BCUT2D eigenvalue weighted by atomic mass is 10.1. The molecule has 3 aromatic rings. The van der Waals surface area contributed by atoms with Crippen molar-refractivity contribution in [2.45, 2.75) is 25.5 Å². The topological polar surface area (TPSA) is 109 Å². The number of H-pyrrole nitrogens is 1. The van der Waals surface area contributed by atoms with Crippen LogP contribution in [0.5, 0.6) is 5.75 Å². The monoisotopic (exact) mass is 449 g/mol. The molecule has 4 rings (SSSR count). The quantitative estimate of drug-likeness (QED) is 0.511. The van der Waals surface area contributed by atoms with Crippen LogP contribution in [0.4, 0.5) is 0 Å². The first-order valence-electron chi connectivity index (χ1n) is 10.8. The summed E-state index contributed by atoms with van der Waals surface area (Å²) in [7, 11) is 1.57. The van der Waals surface area contributed by atoms with Gasteiger partial charge >= 0.3 is 0 Å². The summed E-state index contributed by atoms with van der Waals surface area (Å²) in [6, 6.07) is 12.5. The minimum Gasteiger partial charge on any atom is -0.487 e. The summed E-state index contributed by atoms with van der Waals surface area (Å²) in [5, 5.41) is 9.96. The Hall–Kier alpha value is -3.72. The van der Waals surface area contributed by atoms with Crippen molar-refractivity contribution in [3.63, 3.8) is 0 Å². The molecule has 0 unspecified atom stereocenters. The number of nitrogens with one attached hydrogen (secondary N) is 2. The van der Waals surface area contributed by atoms with Crippen LogP contribution in [-0.4, -0.2) is 70.8 Å². The van der Waals surface area contributed by atoms with Gasteiger partial charge in [0, 0.05) is 31.8 Å². The Bertz CT molecular complexity index is 1080. The van der Waals surface area contributed by atoms with Crippen LogP contribution < -0.4 is 10.1 Å². The Balaban J connectivity index is 1.52. The van der Waals surface area contributed by atoms with E-state index in [4.69, 9.17) is 9.47 Å². The molecule has 0 radical (unpaired) electrons. The van der Waals surface area contributed by atoms with Crippen molar-refractivity contribution < 1.29 is 19.1 Å². The largest absolute Gasteiger partial charge is 0.487 e. The number of ether oxygens (including phenoxy) is 2. The van der Waals surface area contributed by atoms with E-state index in [1.54, 1.807) is 37.7 Å². The molecule has 1 aromatic carbocycles. The number of nitrogens with zero attached hydrogens (tertiary/aromatic N) is 3. The van der Waals surface area contributed by atoms with E-state index in [1.807, 2.05) is 31.2 Å². The van der Waals surface area contributed by atoms with Crippen molar-refractivity contribution in [2.75, 3.05) is 26.8 Å². The van der Waals surface area contributed by atoms with Crippen LogP contribution >= 0.6 is 0 Å². The standard InChI is InChI=1S/C24H27N5O4/c1-16-5-7-17(8-6-16)20-13-21(28-27-20)24(31)29-15-19(33-18-4-3-9-25-14-18)12-22(29)23(30)26-10-11-32-2/h3-9,13-14,19,22H,10-12,15H2,1-2H3,(H,26,30)(H,27,28)/t19-,22-/m0/s1. The molecule has 3 heterocycles. The van der Waals surface area contributed by atoms with Gasteiger partial charge in [0.2, 0.25) is 5.91 Å². The van der Waals surface area contributed by atoms with Gasteiger partial charge in [-0.2, -0.15) is 5.10 Å². The first kappa shape index (κ1) is 22.5. The smallest absolute Gasteiger partial charge is 0.272 e. The minimum atomic E-state index is -0.665. The first-order valence-corrected chi connectivity index (χ1v) is 10.8. The molecule has 1 fully saturated rings. The van der Waals surface area contributed by atoms with Crippen molar-refractivity contribution in [3.05, 3.63) is 66.1 Å². The number of likely N-dealkylation sites (tertiary alicyclic amines) is 1. The lowest BCUT2D eigenvalue weighted by Gasteiger charge is -2.22. The number of benzene rings is 1. The van der Waals surface area contributed by atoms with Gasteiger partial charge < -0.3 is 19.7 Å². The number of carbonyl (C=O) groups excluding carboxylic acids is 2. The number of aromatic nitrogens is 3. The van der Waals surface area contributed by atoms with Crippen LogP contribution in [0.25, 0.3) is 11.3 Å². The molecule has 2 amide bonds. The highest BCUT2D eigenvalue weighted by molar-refractivity contribution is 5.97. The van der Waals surface area contributed by atoms with Gasteiger partial charge in [0.1, 0.15) is 23.6 Å². The lowest BCUT2D eigenvalue weighted by Crippen LogP contribution is -2.46. The zero-order valence-electron chi connectivity index (χ0n) is 18.7. The maximum Gasteiger partial charge on any atom is 0.272 e. The third kappa shape index (κ3) is 5.38. The van der Waals surface area contributed by atoms with Crippen molar-refractivity contribution >= 4 is 11.8 Å². The fourth-order valence-corrected chi connectivity index (χ4v) is 3.82. The predicted octanol–water partition coefficient (Wildman–Crippen LogP) is 2.20. The van der Waals surface area contributed by atoms with E-state index in [1.165, 1.54) is 4.90 Å². The number of amides is 2. The van der Waals surface area contributed by atoms with Gasteiger partial charge in [0.25, 0.3) is 5.91 Å². The molecule has 2 aromatic heterocycles. The van der Waals surface area contributed by atoms with Crippen molar-refractivity contribution in [3.8, 4) is 17.0 Å². The number of carbonyl (C=O) groups is 2. The zero-order valence-corrected chi connectivity index (χ0v) is 18.7. The molecule has 2 N–H and O–H groups in total. The summed E-state index contributed by atoms with van der Waals surface area (Å²) < 4.78 is 11.0. The van der Waals surface area contributed by atoms with E-state index >= 15 is 0 Å². The Morgan fingerprint density at radius 3 is 2.79 bits per heavy atom. The van der Waals surface area contributed by atoms with Crippen LogP contribution in [0, 0.1) is 6.92 Å². The van der Waals surface area contributed by atoms with Crippen LogP contribution in [0.15, 0.2) is 54.9 Å². The predicted molar refractivity (Wildman–Crippen MR) is 122 cm³/mol. The summed E-state index contributed by atoms with van der Waals surface area (Å²) in [5.41, 5.74) is 3.04. The number of methoxy groups -OCH3 is 1. The van der Waals surface area contributed by atoms with E-state index in [0.717, 1.165) is 11.1 Å². The maximum absolute atomic E-state index is 13.4. The van der Waals surface area contributed by atoms with E-state index in [2.05, 4.69) is 20.5 Å². The summed E-state index contributed by atoms with van der Waals surface area (Å²) in [6.45, 7) is 3.04. The fraction of sp³-hybridized carbons (Fsp3) is 0.333. The second-order valence-electron chi connectivity index (χ2n) is 7.95. The molecule has 172 valence electrons. The first-order chi connectivity index (χ1) is 16.0. The highest BCUT2D eigenvalue weighted by Crippen LogP contribution is 2.26. The number of hydrogen-bond donors (Lipinski definition) is 2. The molecule has 9 heteroatoms. The third-order valence-corrected chi connectivity index (χ3v) is 5.52. The van der Waals surface area contributed by atoms with Crippen molar-refractivity contribution in [1.29, 1.82) is 0 Å². The summed E-state index contributed by atoms with van der Waals surface area (Å²) >= 11 is 0. The van der Waals surface area contributed by atoms with E-state index in [-0.39, 0.29) is 24.5 Å². The zero-order chi connectivity index (χ0) is 23.2. The van der Waals surface area contributed by atoms with Crippen LogP contribution in [0.2, 0.25) is 0 Å². The fourth-order valence-electron chi connectivity index (χ4n) is 3.82. The van der Waals surface area contributed by atoms with Crippen LogP contribution in [0.3, 0.4) is 0 Å². The minimum absolute atomic E-state index is 0.240. The molecule has 0 bridgehead atoms. The molecule has 9 nitrogen and oxygen atoms in total. The molecule has 1 aliphatic rings. The lowest BCUT2D eigenvalue weighted by molar-refractivity contribution is -0.125. The van der Waals surface area contributed by atoms with Crippen LogP contribution in [0.1, 0.15) is 22.5 Å². The molecule has 0 spiro atoms. The van der Waals surface area contributed by atoms with Gasteiger partial charge in [0.05, 0.1) is 25.0 Å². The number of aryl methyl sites for hydroxylation is 1. The maximum atomic E-state index is 13.4. The van der Waals surface area contributed by atoms with Crippen molar-refractivity contribution in [2.24, 2.45) is 0 Å². The van der Waals surface area contributed by atoms with Gasteiger partial charge in [-0.15, -0.1) is 0 Å². The van der Waals surface area contributed by atoms with Gasteiger partial charge in [-0.25, -0.2) is 0 Å². The van der Waals surface area contributed by atoms with Crippen molar-refractivity contribution in [1.82, 2.24) is 25.4 Å². The normalized spacial score (nSPS) is 17.7. The average molecular weight is 450 g/mol. The van der Waals surface area contributed by atoms with Crippen LogP contribution in [-0.2, 0) is 9.53 Å².